The minimum Gasteiger partial charge on any atom is -0.491 e. The smallest absolute Gasteiger partial charge is 0.407 e. The number of rotatable bonds is 14. The molecular weight excluding hydrogens is 666 g/mol. The Bertz CT molecular complexity index is 1510. The molecule has 3 heterocycles. The van der Waals surface area contributed by atoms with Gasteiger partial charge in [0.25, 0.3) is 0 Å². The molecule has 7 atom stereocenters. The Hall–Kier alpha value is -2.94. The molecule has 2 aromatic rings. The third kappa shape index (κ3) is 8.74. The Morgan fingerprint density at radius 2 is 1.84 bits per heavy atom. The number of aliphatic hydroxyl groups is 1. The SMILES string of the molecule is COCCc1cc(OC2C[C@@H](C(N)=O)N(C(O)[C@@H](NC(=O)OC3C[C@@H]4C[C@@H]4C3)C(C)(C)C)C2)c2ccc(OCCN3CCOCC3)c(Cl)c2n1. The second-order valence-electron chi connectivity index (χ2n) is 15.2. The van der Waals surface area contributed by atoms with Crippen molar-refractivity contribution in [2.24, 2.45) is 23.0 Å². The zero-order valence-electron chi connectivity index (χ0n) is 29.6. The number of primary amides is 1. The van der Waals surface area contributed by atoms with E-state index in [-0.39, 0.29) is 19.1 Å². The highest BCUT2D eigenvalue weighted by molar-refractivity contribution is 6.36. The molecule has 0 spiro atoms. The number of nitrogens with zero attached hydrogens (tertiary/aromatic N) is 3. The molecule has 1 aromatic carbocycles. The van der Waals surface area contributed by atoms with Crippen molar-refractivity contribution in [3.8, 4) is 11.5 Å². The Labute approximate surface area is 299 Å². The minimum atomic E-state index is -1.23. The second kappa shape index (κ2) is 15.7. The van der Waals surface area contributed by atoms with Crippen LogP contribution in [0.1, 0.15) is 52.1 Å². The van der Waals surface area contributed by atoms with Crippen molar-refractivity contribution in [3.05, 3.63) is 28.9 Å². The molecule has 2 amide bonds. The van der Waals surface area contributed by atoms with Crippen molar-refractivity contribution in [1.29, 1.82) is 0 Å². The Morgan fingerprint density at radius 3 is 2.52 bits per heavy atom. The Balaban J connectivity index is 1.18. The van der Waals surface area contributed by atoms with Crippen molar-refractivity contribution in [3.63, 3.8) is 0 Å². The van der Waals surface area contributed by atoms with E-state index in [9.17, 15) is 14.7 Å². The average molecular weight is 718 g/mol. The molecule has 2 saturated heterocycles. The fourth-order valence-electron chi connectivity index (χ4n) is 7.57. The maximum absolute atomic E-state index is 13.0. The molecule has 0 bridgehead atoms. The van der Waals surface area contributed by atoms with Crippen LogP contribution in [0.5, 0.6) is 11.5 Å². The first kappa shape index (κ1) is 36.8. The number of aromatic nitrogens is 1. The minimum absolute atomic E-state index is 0.102. The van der Waals surface area contributed by atoms with E-state index < -0.39 is 41.8 Å². The number of likely N-dealkylation sites (tertiary alicyclic amines) is 1. The second-order valence-corrected chi connectivity index (χ2v) is 15.6. The topological polar surface area (TPSA) is 158 Å². The predicted molar refractivity (Wildman–Crippen MR) is 187 cm³/mol. The number of halogens is 1. The number of ether oxygens (including phenoxy) is 5. The zero-order valence-corrected chi connectivity index (χ0v) is 30.3. The first-order valence-electron chi connectivity index (χ1n) is 17.8. The van der Waals surface area contributed by atoms with Gasteiger partial charge in [-0.3, -0.25) is 19.6 Å². The van der Waals surface area contributed by atoms with Crippen LogP contribution in [0.3, 0.4) is 0 Å². The number of nitrogens with one attached hydrogen (secondary N) is 1. The summed E-state index contributed by atoms with van der Waals surface area (Å²) in [5, 5.41) is 15.7. The number of carbonyl (C=O) groups excluding carboxylic acids is 2. The van der Waals surface area contributed by atoms with Gasteiger partial charge in [-0.05, 0) is 48.6 Å². The molecule has 3 unspecified atom stereocenters. The normalized spacial score (nSPS) is 26.7. The lowest BCUT2D eigenvalue weighted by Crippen LogP contribution is -2.60. The number of hydrogen-bond acceptors (Lipinski definition) is 11. The summed E-state index contributed by atoms with van der Waals surface area (Å²) < 4.78 is 29.2. The molecule has 4 aliphatic rings. The number of nitrogens with two attached hydrogens (primary N) is 1. The highest BCUT2D eigenvalue weighted by Gasteiger charge is 2.49. The molecule has 50 heavy (non-hydrogen) atoms. The van der Waals surface area contributed by atoms with Crippen LogP contribution in [0.15, 0.2) is 18.2 Å². The highest BCUT2D eigenvalue weighted by Crippen LogP contribution is 2.52. The summed E-state index contributed by atoms with van der Waals surface area (Å²) in [6.07, 6.45) is 1.36. The lowest BCUT2D eigenvalue weighted by molar-refractivity contribution is -0.128. The van der Waals surface area contributed by atoms with Crippen molar-refractivity contribution in [1.82, 2.24) is 20.1 Å². The molecular formula is C36H52ClN5O8. The molecule has 2 aliphatic heterocycles. The van der Waals surface area contributed by atoms with Gasteiger partial charge in [-0.15, -0.1) is 0 Å². The lowest BCUT2D eigenvalue weighted by Gasteiger charge is -2.40. The average Bonchev–Trinajstić information content (AvgIpc) is 3.46. The van der Waals surface area contributed by atoms with Crippen LogP contribution in [0.2, 0.25) is 5.02 Å². The van der Waals surface area contributed by atoms with Gasteiger partial charge in [0.2, 0.25) is 5.91 Å². The number of amides is 2. The fourth-order valence-corrected chi connectivity index (χ4v) is 7.83. The number of carbonyl (C=O) groups is 2. The summed E-state index contributed by atoms with van der Waals surface area (Å²) in [5.74, 6) is 1.82. The van der Waals surface area contributed by atoms with Crippen LogP contribution < -0.4 is 20.5 Å². The van der Waals surface area contributed by atoms with Crippen LogP contribution in [0.25, 0.3) is 10.9 Å². The third-order valence-electron chi connectivity index (χ3n) is 10.5. The first-order valence-corrected chi connectivity index (χ1v) is 18.2. The molecule has 14 heteroatoms. The van der Waals surface area contributed by atoms with Gasteiger partial charge >= 0.3 is 6.09 Å². The first-order chi connectivity index (χ1) is 23.9. The van der Waals surface area contributed by atoms with Crippen LogP contribution >= 0.6 is 11.6 Å². The quantitative estimate of drug-likeness (QED) is 0.263. The number of alkyl carbamates (subject to hydrolysis) is 1. The van der Waals surface area contributed by atoms with E-state index in [4.69, 9.17) is 46.0 Å². The molecule has 4 N–H and O–H groups in total. The van der Waals surface area contributed by atoms with E-state index in [1.807, 2.05) is 39.0 Å². The summed E-state index contributed by atoms with van der Waals surface area (Å²) in [5.41, 5.74) is 6.57. The van der Waals surface area contributed by atoms with Gasteiger partial charge in [0, 0.05) is 63.3 Å². The summed E-state index contributed by atoms with van der Waals surface area (Å²) in [6.45, 7) is 10.8. The number of fused-ring (bicyclic) bond motifs is 2. The maximum atomic E-state index is 13.0. The summed E-state index contributed by atoms with van der Waals surface area (Å²) in [7, 11) is 1.63. The molecule has 1 aromatic heterocycles. The van der Waals surface area contributed by atoms with E-state index >= 15 is 0 Å². The predicted octanol–water partition coefficient (Wildman–Crippen LogP) is 3.35. The van der Waals surface area contributed by atoms with Gasteiger partial charge < -0.3 is 39.8 Å². The Morgan fingerprint density at radius 1 is 1.10 bits per heavy atom. The van der Waals surface area contributed by atoms with Gasteiger partial charge in [0.1, 0.15) is 41.6 Å². The zero-order chi connectivity index (χ0) is 35.6. The molecule has 2 aliphatic carbocycles. The van der Waals surface area contributed by atoms with Gasteiger partial charge in [-0.1, -0.05) is 32.4 Å². The summed E-state index contributed by atoms with van der Waals surface area (Å²) in [4.78, 5) is 34.5. The van der Waals surface area contributed by atoms with Crippen LogP contribution in [-0.4, -0.2) is 122 Å². The monoisotopic (exact) mass is 717 g/mol. The number of aliphatic hydroxyl groups excluding tert-OH is 1. The number of hydrogen-bond donors (Lipinski definition) is 3. The van der Waals surface area contributed by atoms with E-state index in [0.29, 0.717) is 58.9 Å². The van der Waals surface area contributed by atoms with Gasteiger partial charge in [0.05, 0.1) is 37.4 Å². The standard InChI is InChI=1S/C36H52ClN5O8/c1-36(2,3)32(40-35(45)50-24-16-21-15-22(21)17-24)34(44)42-20-25(19-27(42)33(38)43)49-29-18-23(7-11-46-4)39-31-26(29)5-6-28(30(31)37)48-14-10-41-8-12-47-13-9-41/h5-6,18,21-22,24-25,27,32,34,44H,7-17,19-20H2,1-4H3,(H2,38,43)(H,40,45)/t21-,22+,24?,25?,27-,32+,34?/m0/s1. The summed E-state index contributed by atoms with van der Waals surface area (Å²) >= 11 is 6.91. The summed E-state index contributed by atoms with van der Waals surface area (Å²) in [6, 6.07) is 3.97. The van der Waals surface area contributed by atoms with E-state index in [0.717, 1.165) is 51.4 Å². The van der Waals surface area contributed by atoms with Crippen molar-refractivity contribution in [2.45, 2.75) is 83.4 Å². The number of morpholine rings is 1. The number of pyridine rings is 1. The van der Waals surface area contributed by atoms with Crippen LogP contribution in [0, 0.1) is 17.3 Å². The largest absolute Gasteiger partial charge is 0.491 e. The number of methoxy groups -OCH3 is 1. The highest BCUT2D eigenvalue weighted by atomic mass is 35.5. The fraction of sp³-hybridized carbons (Fsp3) is 0.694. The van der Waals surface area contributed by atoms with Crippen LogP contribution in [0.4, 0.5) is 4.79 Å². The van der Waals surface area contributed by atoms with Gasteiger partial charge in [0.15, 0.2) is 0 Å². The van der Waals surface area contributed by atoms with Crippen molar-refractivity contribution < 1.29 is 38.4 Å². The number of benzene rings is 1. The van der Waals surface area contributed by atoms with Gasteiger partial charge in [-0.25, -0.2) is 4.79 Å². The Kier molecular flexibility index (Phi) is 11.6. The molecule has 6 rings (SSSR count). The van der Waals surface area contributed by atoms with Gasteiger partial charge in [-0.2, -0.15) is 0 Å². The lowest BCUT2D eigenvalue weighted by atomic mass is 9.85. The molecule has 276 valence electrons. The molecule has 4 fully saturated rings. The van der Waals surface area contributed by atoms with Crippen LogP contribution in [-0.2, 0) is 25.4 Å². The molecule has 13 nitrogen and oxygen atoms in total. The van der Waals surface area contributed by atoms with E-state index in [1.165, 1.54) is 6.42 Å². The molecule has 2 saturated carbocycles. The van der Waals surface area contributed by atoms with Crippen molar-refractivity contribution >= 4 is 34.5 Å². The van der Waals surface area contributed by atoms with E-state index in [1.54, 1.807) is 12.0 Å². The molecule has 0 radical (unpaired) electrons. The van der Waals surface area contributed by atoms with E-state index in [2.05, 4.69) is 10.2 Å². The maximum Gasteiger partial charge on any atom is 0.407 e. The third-order valence-corrected chi connectivity index (χ3v) is 10.8. The van der Waals surface area contributed by atoms with Crippen molar-refractivity contribution in [2.75, 3.05) is 59.7 Å².